The van der Waals surface area contributed by atoms with Crippen LogP contribution in [0.3, 0.4) is 0 Å². The molecule has 3 heterocycles. The molecule has 3 aliphatic heterocycles. The highest BCUT2D eigenvalue weighted by Crippen LogP contribution is 2.77. The fourth-order valence-corrected chi connectivity index (χ4v) is 14.0. The van der Waals surface area contributed by atoms with Gasteiger partial charge in [-0.2, -0.15) is 0 Å². The van der Waals surface area contributed by atoms with E-state index in [1.165, 1.54) is 0 Å². The molecule has 2 aliphatic carbocycles. The molecule has 0 bridgehead atoms. The zero-order valence-electron chi connectivity index (χ0n) is 18.1. The lowest BCUT2D eigenvalue weighted by Gasteiger charge is -2.50. The Bertz CT molecular complexity index is 1090. The van der Waals surface area contributed by atoms with Crippen molar-refractivity contribution in [2.24, 2.45) is 0 Å². The van der Waals surface area contributed by atoms with Crippen molar-refractivity contribution in [1.82, 2.24) is 0 Å². The monoisotopic (exact) mass is 496 g/mol. The summed E-state index contributed by atoms with van der Waals surface area (Å²) in [4.78, 5) is 28.6. The van der Waals surface area contributed by atoms with Crippen LogP contribution in [0.1, 0.15) is 72.1 Å². The van der Waals surface area contributed by atoms with Crippen LogP contribution in [-0.2, 0) is 0 Å². The smallest absolute Gasteiger partial charge is 0.197 e. The van der Waals surface area contributed by atoms with Gasteiger partial charge in [0.25, 0.3) is 0 Å². The topological polar surface area (TPSA) is 52.6 Å². The molecule has 4 spiro atoms. The third kappa shape index (κ3) is 2.49. The maximum Gasteiger partial charge on any atom is 0.197 e. The van der Waals surface area contributed by atoms with Gasteiger partial charge < -0.3 is 9.47 Å². The van der Waals surface area contributed by atoms with Crippen LogP contribution >= 0.6 is 33.3 Å². The Labute approximate surface area is 205 Å². The molecule has 4 nitrogen and oxygen atoms in total. The van der Waals surface area contributed by atoms with Gasteiger partial charge in [-0.15, -0.1) is 0 Å². The Balaban J connectivity index is 1.42. The number of carbonyl (C=O) groups is 2. The van der Waals surface area contributed by atoms with Gasteiger partial charge in [-0.05, 0) is 75.6 Å². The van der Waals surface area contributed by atoms with Crippen LogP contribution < -0.4 is 9.47 Å². The van der Waals surface area contributed by atoms with Crippen LogP contribution in [0.25, 0.3) is 0 Å². The summed E-state index contributed by atoms with van der Waals surface area (Å²) >= 11 is 1.57. The summed E-state index contributed by atoms with van der Waals surface area (Å²) < 4.78 is 11.8. The van der Waals surface area contributed by atoms with E-state index < -0.39 is 19.4 Å². The summed E-state index contributed by atoms with van der Waals surface area (Å²) in [5, 5.41) is 0. The van der Waals surface area contributed by atoms with Crippen molar-refractivity contribution in [3.8, 4) is 11.5 Å². The molecule has 7 rings (SSSR count). The lowest BCUT2D eigenvalue weighted by Crippen LogP contribution is -2.63. The fraction of sp³-hybridized carbons (Fsp3) is 0.462. The Morgan fingerprint density at radius 2 is 1.00 bits per heavy atom. The lowest BCUT2D eigenvalue weighted by atomic mass is 9.86. The van der Waals surface area contributed by atoms with Gasteiger partial charge >= 0.3 is 0 Å². The van der Waals surface area contributed by atoms with Crippen LogP contribution in [0, 0.1) is 0 Å². The molecule has 0 unspecified atom stereocenters. The molecule has 7 heteroatoms. The van der Waals surface area contributed by atoms with Gasteiger partial charge in [0.1, 0.15) is 22.7 Å². The van der Waals surface area contributed by atoms with Crippen molar-refractivity contribution in [2.45, 2.75) is 70.7 Å². The number of carbonyl (C=O) groups excluding carboxylic acids is 2. The summed E-state index contributed by atoms with van der Waals surface area (Å²) in [5.41, 5.74) is 0.0817. The second kappa shape index (κ2) is 6.98. The molecule has 2 saturated carbocycles. The summed E-state index contributed by atoms with van der Waals surface area (Å²) in [6.07, 6.45) is 7.49. The minimum Gasteiger partial charge on any atom is -0.484 e. The molecule has 0 amide bonds. The first-order chi connectivity index (χ1) is 16.1. The van der Waals surface area contributed by atoms with E-state index in [4.69, 9.17) is 9.47 Å². The number of ketones is 2. The van der Waals surface area contributed by atoms with Crippen molar-refractivity contribution in [3.63, 3.8) is 0 Å². The minimum absolute atomic E-state index is 0.102. The number of ether oxygens (including phenoxy) is 2. The zero-order valence-corrected chi connectivity index (χ0v) is 20.6. The first-order valence-corrected chi connectivity index (χ1v) is 14.7. The summed E-state index contributed by atoms with van der Waals surface area (Å²) in [7, 11) is 3.16. The molecule has 3 fully saturated rings. The van der Waals surface area contributed by atoms with Crippen molar-refractivity contribution < 1.29 is 19.1 Å². The van der Waals surface area contributed by atoms with Crippen molar-refractivity contribution >= 4 is 44.9 Å². The molecule has 0 N–H and O–H groups in total. The molecule has 2 atom stereocenters. The number of thioether (sulfide) groups is 1. The van der Waals surface area contributed by atoms with E-state index in [1.54, 1.807) is 33.3 Å². The number of benzene rings is 2. The third-order valence-electron chi connectivity index (χ3n) is 8.06. The van der Waals surface area contributed by atoms with Crippen molar-refractivity contribution in [1.29, 1.82) is 0 Å². The van der Waals surface area contributed by atoms with Crippen LogP contribution in [0.4, 0.5) is 0 Å². The zero-order chi connectivity index (χ0) is 22.3. The Kier molecular flexibility index (Phi) is 4.40. The van der Waals surface area contributed by atoms with Crippen molar-refractivity contribution in [2.75, 3.05) is 0 Å². The van der Waals surface area contributed by atoms with Gasteiger partial charge in [-0.25, -0.2) is 0 Å². The standard InChI is InChI=1S/C26H24O4S3/c27-21-17-9-1-3-11-19(17)29-23(13-5-6-14-23)25(21)31-26(33-32-25)22(28)18-10-2-4-12-20(18)30-24(26)15-7-8-16-24/h1-4,9-12H,5-8,13-16H2/t25-,26-/m0/s1. The van der Waals surface area contributed by atoms with Gasteiger partial charge in [0.2, 0.25) is 0 Å². The number of para-hydroxylation sites is 2. The maximum absolute atomic E-state index is 14.3. The highest BCUT2D eigenvalue weighted by molar-refractivity contribution is 8.84. The minimum atomic E-state index is -0.858. The quantitative estimate of drug-likeness (QED) is 0.377. The largest absolute Gasteiger partial charge is 0.484 e. The molecule has 2 aromatic rings. The summed E-state index contributed by atoms with van der Waals surface area (Å²) in [5.74, 6) is 1.58. The molecule has 33 heavy (non-hydrogen) atoms. The average Bonchev–Trinajstić information content (AvgIpc) is 3.58. The van der Waals surface area contributed by atoms with E-state index in [1.807, 2.05) is 48.5 Å². The van der Waals surface area contributed by atoms with E-state index in [9.17, 15) is 9.59 Å². The Morgan fingerprint density at radius 1 is 0.606 bits per heavy atom. The van der Waals surface area contributed by atoms with Gasteiger partial charge in [0.15, 0.2) is 19.7 Å². The van der Waals surface area contributed by atoms with Crippen LogP contribution in [0.15, 0.2) is 48.5 Å². The van der Waals surface area contributed by atoms with E-state index >= 15 is 0 Å². The maximum atomic E-state index is 14.3. The molecule has 170 valence electrons. The van der Waals surface area contributed by atoms with Crippen LogP contribution in [0.5, 0.6) is 11.5 Å². The van der Waals surface area contributed by atoms with E-state index in [0.717, 1.165) is 51.4 Å². The van der Waals surface area contributed by atoms with E-state index in [0.29, 0.717) is 22.6 Å². The number of rotatable bonds is 0. The highest BCUT2D eigenvalue weighted by atomic mass is 33.1. The molecule has 2 aromatic carbocycles. The second-order valence-corrected chi connectivity index (χ2v) is 14.3. The SMILES string of the molecule is O=C1c2ccccc2OC2(CCCC2)[C@@]12SS[C@@]1(S2)C(=O)c2ccccc2OC12CCCC2. The summed E-state index contributed by atoms with van der Waals surface area (Å²) in [6.45, 7) is 0. The van der Waals surface area contributed by atoms with Crippen molar-refractivity contribution in [3.05, 3.63) is 59.7 Å². The molecule has 0 radical (unpaired) electrons. The number of hydrogen-bond acceptors (Lipinski definition) is 7. The highest BCUT2D eigenvalue weighted by Gasteiger charge is 2.77. The van der Waals surface area contributed by atoms with E-state index in [-0.39, 0.29) is 11.6 Å². The van der Waals surface area contributed by atoms with Gasteiger partial charge in [0, 0.05) is 0 Å². The second-order valence-electron chi connectivity index (χ2n) is 9.76. The lowest BCUT2D eigenvalue weighted by molar-refractivity contribution is 0.0367. The number of hydrogen-bond donors (Lipinski definition) is 0. The normalized spacial score (nSPS) is 32.8. The fourth-order valence-electron chi connectivity index (χ4n) is 6.42. The average molecular weight is 497 g/mol. The molecular weight excluding hydrogens is 472 g/mol. The van der Waals surface area contributed by atoms with E-state index in [2.05, 4.69) is 0 Å². The Hall–Kier alpha value is -1.57. The first kappa shape index (κ1) is 20.8. The van der Waals surface area contributed by atoms with Gasteiger partial charge in [-0.3, -0.25) is 9.59 Å². The summed E-state index contributed by atoms with van der Waals surface area (Å²) in [6, 6.07) is 15.2. The third-order valence-corrected chi connectivity index (χ3v) is 14.8. The predicted molar refractivity (Wildman–Crippen MR) is 133 cm³/mol. The number of fused-ring (bicyclic) bond motifs is 4. The van der Waals surface area contributed by atoms with Crippen LogP contribution in [-0.4, -0.2) is 30.9 Å². The molecule has 0 aromatic heterocycles. The van der Waals surface area contributed by atoms with Gasteiger partial charge in [0.05, 0.1) is 11.1 Å². The first-order valence-electron chi connectivity index (χ1n) is 11.8. The molecular formula is C26H24O4S3. The van der Waals surface area contributed by atoms with Gasteiger partial charge in [-0.1, -0.05) is 57.6 Å². The predicted octanol–water partition coefficient (Wildman–Crippen LogP) is 6.68. The number of Topliss-reactive ketones (excluding diaryl/α,β-unsaturated/α-hetero) is 2. The Morgan fingerprint density at radius 3 is 1.42 bits per heavy atom. The molecule has 5 aliphatic rings. The van der Waals surface area contributed by atoms with Crippen LogP contribution in [0.2, 0.25) is 0 Å². The molecule has 1 saturated heterocycles.